The summed E-state index contributed by atoms with van der Waals surface area (Å²) in [6.07, 6.45) is 0.730. The molecule has 1 atom stereocenters. The summed E-state index contributed by atoms with van der Waals surface area (Å²) >= 11 is 0. The van der Waals surface area contributed by atoms with E-state index in [2.05, 4.69) is 18.7 Å². The second-order valence-corrected chi connectivity index (χ2v) is 9.58. The summed E-state index contributed by atoms with van der Waals surface area (Å²) < 4.78 is 11.0. The number of aliphatic hydroxyl groups is 1. The van der Waals surface area contributed by atoms with Gasteiger partial charge in [0.2, 0.25) is 0 Å². The van der Waals surface area contributed by atoms with Crippen LogP contribution in [0.25, 0.3) is 5.76 Å². The number of ketones is 1. The highest BCUT2D eigenvalue weighted by Gasteiger charge is 2.45. The third-order valence-corrected chi connectivity index (χ3v) is 6.85. The Bertz CT molecular complexity index is 1100. The van der Waals surface area contributed by atoms with Gasteiger partial charge < -0.3 is 19.5 Å². The van der Waals surface area contributed by atoms with Gasteiger partial charge in [0.1, 0.15) is 11.5 Å². The predicted octanol–water partition coefficient (Wildman–Crippen LogP) is 4.35. The smallest absolute Gasteiger partial charge is 0.295 e. The van der Waals surface area contributed by atoms with Crippen LogP contribution in [0.4, 0.5) is 0 Å². The minimum absolute atomic E-state index is 0.123. The average molecular weight is 493 g/mol. The fraction of sp³-hybridized carbons (Fsp3) is 0.448. The molecular weight excluding hydrogens is 456 g/mol. The van der Waals surface area contributed by atoms with Crippen molar-refractivity contribution >= 4 is 17.4 Å². The highest BCUT2D eigenvalue weighted by molar-refractivity contribution is 6.46. The molecular formula is C29H36N2O5. The Morgan fingerprint density at radius 3 is 2.47 bits per heavy atom. The van der Waals surface area contributed by atoms with Gasteiger partial charge in [-0.2, -0.15) is 0 Å². The third kappa shape index (κ3) is 5.63. The Morgan fingerprint density at radius 1 is 1.08 bits per heavy atom. The Balaban J connectivity index is 1.69. The Labute approximate surface area is 213 Å². The zero-order chi connectivity index (χ0) is 25.7. The van der Waals surface area contributed by atoms with E-state index in [1.807, 2.05) is 31.2 Å². The minimum atomic E-state index is -0.654. The van der Waals surface area contributed by atoms with Crippen LogP contribution in [0.5, 0.6) is 5.75 Å². The number of benzene rings is 2. The first-order valence-corrected chi connectivity index (χ1v) is 12.8. The maximum absolute atomic E-state index is 13.3. The van der Waals surface area contributed by atoms with Crippen LogP contribution >= 0.6 is 0 Å². The summed E-state index contributed by atoms with van der Waals surface area (Å²) in [5, 5.41) is 11.3. The van der Waals surface area contributed by atoms with Crippen LogP contribution in [0.3, 0.4) is 0 Å². The summed E-state index contributed by atoms with van der Waals surface area (Å²) in [5.41, 5.74) is 2.56. The zero-order valence-corrected chi connectivity index (χ0v) is 21.4. The molecule has 1 unspecified atom stereocenters. The van der Waals surface area contributed by atoms with Gasteiger partial charge in [-0.3, -0.25) is 14.5 Å². The van der Waals surface area contributed by atoms with Crippen molar-refractivity contribution in [1.29, 1.82) is 0 Å². The number of morpholine rings is 1. The Hall–Kier alpha value is -3.16. The van der Waals surface area contributed by atoms with Crippen LogP contribution < -0.4 is 4.74 Å². The number of hydrogen-bond acceptors (Lipinski definition) is 6. The molecule has 2 aromatic carbocycles. The topological polar surface area (TPSA) is 79.3 Å². The van der Waals surface area contributed by atoms with E-state index in [1.54, 1.807) is 29.2 Å². The molecule has 2 aromatic rings. The number of rotatable bonds is 9. The highest BCUT2D eigenvalue weighted by Crippen LogP contribution is 2.40. The summed E-state index contributed by atoms with van der Waals surface area (Å²) in [6, 6.07) is 14.3. The summed E-state index contributed by atoms with van der Waals surface area (Å²) in [6.45, 7) is 11.0. The molecule has 0 saturated carbocycles. The van der Waals surface area contributed by atoms with Crippen LogP contribution in [-0.2, 0) is 14.3 Å². The first-order valence-electron chi connectivity index (χ1n) is 12.8. The third-order valence-electron chi connectivity index (χ3n) is 6.85. The normalized spacial score (nSPS) is 20.3. The Morgan fingerprint density at radius 2 is 1.81 bits per heavy atom. The molecule has 4 rings (SSSR count). The lowest BCUT2D eigenvalue weighted by atomic mass is 9.93. The fourth-order valence-corrected chi connectivity index (χ4v) is 4.87. The van der Waals surface area contributed by atoms with E-state index < -0.39 is 17.7 Å². The SMILES string of the molecule is CCOc1cccc(/C(O)=C2\C(=O)C(=O)N(CCCN3CCOCC3)C2c2ccc(C(C)C)cc2)c1. The van der Waals surface area contributed by atoms with Crippen LogP contribution in [0.2, 0.25) is 0 Å². The van der Waals surface area contributed by atoms with Crippen LogP contribution in [-0.4, -0.2) is 72.6 Å². The van der Waals surface area contributed by atoms with Gasteiger partial charge in [0.15, 0.2) is 0 Å². The van der Waals surface area contributed by atoms with E-state index >= 15 is 0 Å². The molecule has 7 nitrogen and oxygen atoms in total. The van der Waals surface area contributed by atoms with Gasteiger partial charge in [0, 0.05) is 31.7 Å². The van der Waals surface area contributed by atoms with Crippen molar-refractivity contribution in [2.24, 2.45) is 0 Å². The van der Waals surface area contributed by atoms with Gasteiger partial charge in [-0.05, 0) is 42.5 Å². The second-order valence-electron chi connectivity index (χ2n) is 9.58. The molecule has 0 spiro atoms. The molecule has 2 fully saturated rings. The molecule has 0 aliphatic carbocycles. The first-order chi connectivity index (χ1) is 17.4. The number of ether oxygens (including phenoxy) is 2. The van der Waals surface area contributed by atoms with Crippen LogP contribution in [0.15, 0.2) is 54.1 Å². The molecule has 2 heterocycles. The van der Waals surface area contributed by atoms with Crippen molar-refractivity contribution in [1.82, 2.24) is 9.80 Å². The second kappa shape index (κ2) is 11.7. The number of nitrogens with zero attached hydrogens (tertiary/aromatic N) is 2. The van der Waals surface area contributed by atoms with Crippen molar-refractivity contribution < 1.29 is 24.2 Å². The number of amides is 1. The molecule has 1 amide bonds. The lowest BCUT2D eigenvalue weighted by Gasteiger charge is -2.29. The molecule has 192 valence electrons. The molecule has 7 heteroatoms. The number of carbonyl (C=O) groups is 2. The maximum Gasteiger partial charge on any atom is 0.295 e. The molecule has 36 heavy (non-hydrogen) atoms. The van der Waals surface area contributed by atoms with Crippen LogP contribution in [0, 0.1) is 0 Å². The largest absolute Gasteiger partial charge is 0.507 e. The van der Waals surface area contributed by atoms with E-state index in [9.17, 15) is 14.7 Å². The average Bonchev–Trinajstić information content (AvgIpc) is 3.14. The molecule has 0 bridgehead atoms. The molecule has 2 aliphatic rings. The molecule has 0 aromatic heterocycles. The predicted molar refractivity (Wildman–Crippen MR) is 139 cm³/mol. The van der Waals surface area contributed by atoms with Gasteiger partial charge in [0.05, 0.1) is 31.4 Å². The van der Waals surface area contributed by atoms with Crippen LogP contribution in [0.1, 0.15) is 55.8 Å². The fourth-order valence-electron chi connectivity index (χ4n) is 4.87. The molecule has 2 saturated heterocycles. The minimum Gasteiger partial charge on any atom is -0.507 e. The molecule has 0 radical (unpaired) electrons. The lowest BCUT2D eigenvalue weighted by molar-refractivity contribution is -0.140. The van der Waals surface area contributed by atoms with Crippen molar-refractivity contribution in [2.45, 2.75) is 39.2 Å². The van der Waals surface area contributed by atoms with Gasteiger partial charge in [0.25, 0.3) is 11.7 Å². The molecule has 1 N–H and O–H groups in total. The number of carbonyl (C=O) groups excluding carboxylic acids is 2. The standard InChI is InChI=1S/C29H36N2O5/c1-4-36-24-8-5-7-23(19-24)27(32)25-26(22-11-9-21(10-12-22)20(2)3)31(29(34)28(25)33)14-6-13-30-15-17-35-18-16-30/h5,7-12,19-20,26,32H,4,6,13-18H2,1-3H3/b27-25+. The zero-order valence-electron chi connectivity index (χ0n) is 21.4. The first kappa shape index (κ1) is 25.9. The van der Waals surface area contributed by atoms with E-state index in [-0.39, 0.29) is 11.3 Å². The highest BCUT2D eigenvalue weighted by atomic mass is 16.5. The number of aliphatic hydroxyl groups excluding tert-OH is 1. The summed E-state index contributed by atoms with van der Waals surface area (Å²) in [7, 11) is 0. The van der Waals surface area contributed by atoms with E-state index in [0.29, 0.717) is 43.6 Å². The van der Waals surface area contributed by atoms with Gasteiger partial charge >= 0.3 is 0 Å². The number of Topliss-reactive ketones (excluding diaryl/α,β-unsaturated/α-hetero) is 1. The summed E-state index contributed by atoms with van der Waals surface area (Å²) in [4.78, 5) is 30.5. The summed E-state index contributed by atoms with van der Waals surface area (Å²) in [5.74, 6) is -0.445. The Kier molecular flexibility index (Phi) is 8.44. The van der Waals surface area contributed by atoms with Crippen molar-refractivity contribution in [2.75, 3.05) is 46.0 Å². The van der Waals surface area contributed by atoms with Crippen molar-refractivity contribution in [3.63, 3.8) is 0 Å². The van der Waals surface area contributed by atoms with E-state index in [1.165, 1.54) is 5.56 Å². The van der Waals surface area contributed by atoms with Gasteiger partial charge in [-0.15, -0.1) is 0 Å². The maximum atomic E-state index is 13.3. The van der Waals surface area contributed by atoms with Gasteiger partial charge in [-0.1, -0.05) is 50.2 Å². The number of hydrogen-bond donors (Lipinski definition) is 1. The number of likely N-dealkylation sites (tertiary alicyclic amines) is 1. The quantitative estimate of drug-likeness (QED) is 0.319. The monoisotopic (exact) mass is 492 g/mol. The molecule has 2 aliphatic heterocycles. The lowest BCUT2D eigenvalue weighted by Crippen LogP contribution is -2.38. The van der Waals surface area contributed by atoms with Gasteiger partial charge in [-0.25, -0.2) is 0 Å². The van der Waals surface area contributed by atoms with Crippen molar-refractivity contribution in [3.05, 3.63) is 70.8 Å². The van der Waals surface area contributed by atoms with Crippen molar-refractivity contribution in [3.8, 4) is 5.75 Å². The van der Waals surface area contributed by atoms with E-state index in [0.717, 1.165) is 31.6 Å². The van der Waals surface area contributed by atoms with E-state index in [4.69, 9.17) is 9.47 Å².